The molecule has 11 heteroatoms. The zero-order valence-electron chi connectivity index (χ0n) is 20.0. The van der Waals surface area contributed by atoms with Gasteiger partial charge in [0.1, 0.15) is 12.1 Å². The van der Waals surface area contributed by atoms with Gasteiger partial charge in [-0.2, -0.15) is 4.31 Å². The minimum Gasteiger partial charge on any atom is -0.345 e. The van der Waals surface area contributed by atoms with Crippen LogP contribution in [0.4, 0.5) is 8.78 Å². The fourth-order valence-corrected chi connectivity index (χ4v) is 6.17. The van der Waals surface area contributed by atoms with Crippen LogP contribution in [0.25, 0.3) is 0 Å². The molecule has 2 atom stereocenters. The fourth-order valence-electron chi connectivity index (χ4n) is 4.56. The fraction of sp³-hybridized carbons (Fsp3) is 0.480. The van der Waals surface area contributed by atoms with E-state index in [1.807, 2.05) is 13.0 Å². The minimum absolute atomic E-state index is 0. The van der Waals surface area contributed by atoms with Crippen molar-refractivity contribution in [2.24, 2.45) is 0 Å². The molecule has 8 nitrogen and oxygen atoms in total. The average Bonchev–Trinajstić information content (AvgIpc) is 3.64. The molecular formula is C25H32F2N4O4S. The second kappa shape index (κ2) is 10.2. The highest BCUT2D eigenvalue weighted by molar-refractivity contribution is 7.89. The summed E-state index contributed by atoms with van der Waals surface area (Å²) in [5.41, 5.74) is 0.287. The molecule has 2 unspecified atom stereocenters. The molecule has 2 aromatic rings. The third-order valence-electron chi connectivity index (χ3n) is 6.73. The Balaban J connectivity index is 0.00000380. The summed E-state index contributed by atoms with van der Waals surface area (Å²) in [6, 6.07) is 8.42. The van der Waals surface area contributed by atoms with E-state index in [2.05, 4.69) is 15.6 Å². The Bertz CT molecular complexity index is 1200. The summed E-state index contributed by atoms with van der Waals surface area (Å²) in [6.45, 7) is 1.33. The standard InChI is InChI=1S/C25H30F2N4O4S.H2/c1-2-7-20(22(32)30-24(11-12-24)18-8-6-14-28-17-18)29-23(33)21-16-25(26,27)13-15-31(21)36(34,35)19-9-4-3-5-10-19;/h3-6,8-10,14,17,20-21H,2,7,11-13,15-16H2,1H3,(H,29,33)(H,30,32);1H. The molecule has 2 fully saturated rings. The van der Waals surface area contributed by atoms with Crippen LogP contribution in [-0.4, -0.2) is 54.1 Å². The molecule has 1 aliphatic heterocycles. The highest BCUT2D eigenvalue weighted by Crippen LogP contribution is 2.45. The van der Waals surface area contributed by atoms with Gasteiger partial charge in [-0.05, 0) is 43.0 Å². The number of nitrogens with zero attached hydrogens (tertiary/aromatic N) is 2. The van der Waals surface area contributed by atoms with E-state index >= 15 is 0 Å². The Morgan fingerprint density at radius 2 is 1.89 bits per heavy atom. The molecule has 1 aliphatic carbocycles. The maximum atomic E-state index is 14.4. The van der Waals surface area contributed by atoms with Gasteiger partial charge in [-0.25, -0.2) is 17.2 Å². The van der Waals surface area contributed by atoms with Gasteiger partial charge in [-0.1, -0.05) is 37.6 Å². The first kappa shape index (κ1) is 26.2. The number of sulfonamides is 1. The van der Waals surface area contributed by atoms with Crippen molar-refractivity contribution in [1.82, 2.24) is 19.9 Å². The number of carbonyl (C=O) groups excluding carboxylic acids is 2. The van der Waals surface area contributed by atoms with Gasteiger partial charge in [-0.3, -0.25) is 14.6 Å². The number of hydrogen-bond acceptors (Lipinski definition) is 5. The summed E-state index contributed by atoms with van der Waals surface area (Å²) >= 11 is 0. The smallest absolute Gasteiger partial charge is 0.251 e. The van der Waals surface area contributed by atoms with Gasteiger partial charge in [0, 0.05) is 33.2 Å². The van der Waals surface area contributed by atoms with Crippen molar-refractivity contribution in [3.63, 3.8) is 0 Å². The van der Waals surface area contributed by atoms with Gasteiger partial charge in [0.2, 0.25) is 21.8 Å². The molecule has 4 rings (SSSR count). The SMILES string of the molecule is CCCC(NC(=O)C1CC(F)(F)CCN1S(=O)(=O)c1ccccc1)C(=O)NC1(c2cccnc2)CC1.[HH]. The number of nitrogens with one attached hydrogen (secondary N) is 2. The van der Waals surface area contributed by atoms with E-state index in [9.17, 15) is 26.8 Å². The van der Waals surface area contributed by atoms with Crippen LogP contribution < -0.4 is 10.6 Å². The van der Waals surface area contributed by atoms with Crippen molar-refractivity contribution in [2.75, 3.05) is 6.54 Å². The maximum Gasteiger partial charge on any atom is 0.251 e. The number of piperidine rings is 1. The number of alkyl halides is 2. The Labute approximate surface area is 211 Å². The van der Waals surface area contributed by atoms with Crippen LogP contribution in [0.1, 0.15) is 52.4 Å². The summed E-state index contributed by atoms with van der Waals surface area (Å²) in [7, 11) is -4.20. The summed E-state index contributed by atoms with van der Waals surface area (Å²) in [4.78, 5) is 30.5. The Morgan fingerprint density at radius 1 is 1.17 bits per heavy atom. The number of aromatic nitrogens is 1. The molecule has 36 heavy (non-hydrogen) atoms. The van der Waals surface area contributed by atoms with E-state index in [-0.39, 0.29) is 12.7 Å². The van der Waals surface area contributed by atoms with Crippen LogP contribution >= 0.6 is 0 Å². The summed E-state index contributed by atoms with van der Waals surface area (Å²) in [5.74, 6) is -4.55. The average molecular weight is 523 g/mol. The molecule has 1 saturated carbocycles. The van der Waals surface area contributed by atoms with Crippen molar-refractivity contribution in [1.29, 1.82) is 0 Å². The third kappa shape index (κ3) is 5.57. The second-order valence-electron chi connectivity index (χ2n) is 9.42. The summed E-state index contributed by atoms with van der Waals surface area (Å²) in [5, 5.41) is 5.56. The van der Waals surface area contributed by atoms with E-state index in [0.717, 1.165) is 22.7 Å². The molecular weight excluding hydrogens is 490 g/mol. The number of benzene rings is 1. The van der Waals surface area contributed by atoms with Crippen LogP contribution in [0.5, 0.6) is 0 Å². The van der Waals surface area contributed by atoms with Crippen LogP contribution in [0, 0.1) is 0 Å². The highest BCUT2D eigenvalue weighted by Gasteiger charge is 2.49. The number of carbonyl (C=O) groups is 2. The largest absolute Gasteiger partial charge is 0.345 e. The van der Waals surface area contributed by atoms with Gasteiger partial charge in [0.05, 0.1) is 10.4 Å². The number of halogens is 2. The molecule has 0 spiro atoms. The molecule has 1 aromatic heterocycles. The first-order chi connectivity index (χ1) is 17.1. The Kier molecular flexibility index (Phi) is 7.42. The first-order valence-electron chi connectivity index (χ1n) is 12.1. The van der Waals surface area contributed by atoms with Crippen molar-refractivity contribution in [3.05, 3.63) is 60.4 Å². The lowest BCUT2D eigenvalue weighted by Gasteiger charge is -2.38. The second-order valence-corrected chi connectivity index (χ2v) is 11.3. The molecule has 0 bridgehead atoms. The lowest BCUT2D eigenvalue weighted by Crippen LogP contribution is -2.59. The normalized spacial score (nSPS) is 21.8. The van der Waals surface area contributed by atoms with E-state index in [1.165, 1.54) is 24.3 Å². The molecule has 196 valence electrons. The maximum absolute atomic E-state index is 14.4. The molecule has 1 aromatic carbocycles. The van der Waals surface area contributed by atoms with E-state index in [1.54, 1.807) is 24.5 Å². The van der Waals surface area contributed by atoms with Crippen LogP contribution in [0.3, 0.4) is 0 Å². The Morgan fingerprint density at radius 3 is 2.50 bits per heavy atom. The van der Waals surface area contributed by atoms with Gasteiger partial charge in [-0.15, -0.1) is 0 Å². The Hall–Kier alpha value is -2.92. The van der Waals surface area contributed by atoms with E-state index in [0.29, 0.717) is 6.42 Å². The summed E-state index contributed by atoms with van der Waals surface area (Å²) in [6.07, 6.45) is 3.93. The van der Waals surface area contributed by atoms with Gasteiger partial charge in [0.25, 0.3) is 5.92 Å². The summed E-state index contributed by atoms with van der Waals surface area (Å²) < 4.78 is 56.0. The number of hydrogen-bond donors (Lipinski definition) is 2. The number of pyridine rings is 1. The van der Waals surface area contributed by atoms with Gasteiger partial charge in [0.15, 0.2) is 0 Å². The van der Waals surface area contributed by atoms with Crippen LogP contribution in [-0.2, 0) is 25.2 Å². The van der Waals surface area contributed by atoms with Crippen molar-refractivity contribution in [3.8, 4) is 0 Å². The molecule has 2 amide bonds. The van der Waals surface area contributed by atoms with Gasteiger partial charge >= 0.3 is 0 Å². The molecule has 2 aliphatic rings. The zero-order valence-corrected chi connectivity index (χ0v) is 20.8. The molecule has 2 heterocycles. The van der Waals surface area contributed by atoms with Crippen LogP contribution in [0.2, 0.25) is 0 Å². The first-order valence-corrected chi connectivity index (χ1v) is 13.5. The number of amides is 2. The lowest BCUT2D eigenvalue weighted by molar-refractivity contribution is -0.136. The topological polar surface area (TPSA) is 108 Å². The van der Waals surface area contributed by atoms with Crippen molar-refractivity contribution < 1.29 is 28.2 Å². The third-order valence-corrected chi connectivity index (χ3v) is 8.65. The predicted octanol–water partition coefficient (Wildman–Crippen LogP) is 3.21. The van der Waals surface area contributed by atoms with Crippen molar-refractivity contribution >= 4 is 21.8 Å². The zero-order chi connectivity index (χ0) is 26.0. The van der Waals surface area contributed by atoms with E-state index in [4.69, 9.17) is 0 Å². The van der Waals surface area contributed by atoms with Crippen LogP contribution in [0.15, 0.2) is 59.8 Å². The van der Waals surface area contributed by atoms with Crippen molar-refractivity contribution in [2.45, 2.75) is 73.9 Å². The monoisotopic (exact) mass is 522 g/mol. The minimum atomic E-state index is -4.20. The highest BCUT2D eigenvalue weighted by atomic mass is 32.2. The molecule has 2 N–H and O–H groups in total. The molecule has 0 radical (unpaired) electrons. The van der Waals surface area contributed by atoms with E-state index < -0.39 is 64.8 Å². The quantitative estimate of drug-likeness (QED) is 0.526. The molecule has 1 saturated heterocycles. The number of rotatable bonds is 9. The van der Waals surface area contributed by atoms with Gasteiger partial charge < -0.3 is 10.6 Å². The lowest BCUT2D eigenvalue weighted by atomic mass is 9.99. The predicted molar refractivity (Wildman–Crippen MR) is 131 cm³/mol.